The van der Waals surface area contributed by atoms with Crippen LogP contribution in [-0.4, -0.2) is 26.3 Å². The van der Waals surface area contributed by atoms with Gasteiger partial charge in [-0.3, -0.25) is 9.36 Å². The molecule has 0 amide bonds. The normalized spacial score (nSPS) is 14.9. The summed E-state index contributed by atoms with van der Waals surface area (Å²) in [6.07, 6.45) is 6.56. The fraction of sp³-hybridized carbons (Fsp3) is 0.348. The lowest BCUT2D eigenvalue weighted by Gasteiger charge is -2.22. The summed E-state index contributed by atoms with van der Waals surface area (Å²) in [5.74, 6) is 1.96. The summed E-state index contributed by atoms with van der Waals surface area (Å²) < 4.78 is 1.99. The molecule has 5 heteroatoms. The monoisotopic (exact) mass is 391 g/mol. The van der Waals surface area contributed by atoms with Crippen molar-refractivity contribution in [2.45, 2.75) is 50.1 Å². The molecule has 1 fully saturated rings. The van der Waals surface area contributed by atoms with E-state index in [1.54, 1.807) is 0 Å². The van der Waals surface area contributed by atoms with Gasteiger partial charge in [0.2, 0.25) is 0 Å². The van der Waals surface area contributed by atoms with Crippen LogP contribution in [0.1, 0.15) is 59.8 Å². The number of rotatable bonds is 6. The van der Waals surface area contributed by atoms with Crippen molar-refractivity contribution in [2.75, 3.05) is 5.75 Å². The van der Waals surface area contributed by atoms with Crippen molar-refractivity contribution >= 4 is 17.5 Å². The lowest BCUT2D eigenvalue weighted by atomic mass is 9.84. The first kappa shape index (κ1) is 18.9. The third-order valence-corrected chi connectivity index (χ3v) is 6.38. The number of nitrogens with zero attached hydrogens (tertiary/aromatic N) is 3. The number of thioether (sulfide) groups is 1. The van der Waals surface area contributed by atoms with Crippen LogP contribution in [0, 0.1) is 6.92 Å². The Hall–Kier alpha value is -2.40. The number of para-hydroxylation sites is 1. The van der Waals surface area contributed by atoms with Crippen LogP contribution in [0.3, 0.4) is 0 Å². The molecule has 0 unspecified atom stereocenters. The van der Waals surface area contributed by atoms with E-state index >= 15 is 0 Å². The number of ketones is 1. The third-order valence-electron chi connectivity index (χ3n) is 5.45. The molecule has 0 saturated heterocycles. The number of hydrogen-bond acceptors (Lipinski definition) is 4. The minimum absolute atomic E-state index is 0.125. The SMILES string of the molecule is Cc1nnc(SCC(=O)c2ccc(C3CCCCC3)cc2)n1-c1ccccc1. The van der Waals surface area contributed by atoms with Gasteiger partial charge in [0, 0.05) is 11.3 Å². The van der Waals surface area contributed by atoms with Crippen molar-refractivity contribution in [3.8, 4) is 5.69 Å². The zero-order valence-corrected chi connectivity index (χ0v) is 17.0. The molecule has 28 heavy (non-hydrogen) atoms. The van der Waals surface area contributed by atoms with E-state index in [4.69, 9.17) is 0 Å². The quantitative estimate of drug-likeness (QED) is 0.405. The van der Waals surface area contributed by atoms with Crippen molar-refractivity contribution in [3.05, 3.63) is 71.5 Å². The van der Waals surface area contributed by atoms with Crippen LogP contribution in [0.2, 0.25) is 0 Å². The Balaban J connectivity index is 1.42. The minimum atomic E-state index is 0.125. The molecule has 3 aromatic rings. The summed E-state index contributed by atoms with van der Waals surface area (Å²) in [4.78, 5) is 12.7. The highest BCUT2D eigenvalue weighted by molar-refractivity contribution is 7.99. The molecule has 0 spiro atoms. The third kappa shape index (κ3) is 4.20. The molecule has 4 rings (SSSR count). The molecule has 1 aliphatic rings. The average molecular weight is 392 g/mol. The number of hydrogen-bond donors (Lipinski definition) is 0. The molecule has 0 bridgehead atoms. The van der Waals surface area contributed by atoms with Crippen LogP contribution in [0.25, 0.3) is 5.69 Å². The Kier molecular flexibility index (Phi) is 5.91. The summed E-state index contributed by atoms with van der Waals surface area (Å²) in [5, 5.41) is 9.19. The van der Waals surface area contributed by atoms with Crippen LogP contribution in [-0.2, 0) is 0 Å². The Bertz CT molecular complexity index is 928. The van der Waals surface area contributed by atoms with Gasteiger partial charge in [0.15, 0.2) is 10.9 Å². The second-order valence-corrected chi connectivity index (χ2v) is 8.31. The maximum Gasteiger partial charge on any atom is 0.196 e. The van der Waals surface area contributed by atoms with E-state index in [1.807, 2.05) is 54.0 Å². The molecular formula is C23H25N3OS. The summed E-state index contributed by atoms with van der Waals surface area (Å²) >= 11 is 1.44. The Morgan fingerprint density at radius 2 is 1.71 bits per heavy atom. The molecular weight excluding hydrogens is 366 g/mol. The highest BCUT2D eigenvalue weighted by Crippen LogP contribution is 2.32. The standard InChI is InChI=1S/C23H25N3OS/c1-17-24-25-23(26(17)21-10-6-3-7-11-21)28-16-22(27)20-14-12-19(13-15-20)18-8-4-2-5-9-18/h3,6-7,10-15,18H,2,4-5,8-9,16H2,1H3. The van der Waals surface area contributed by atoms with Gasteiger partial charge in [0.25, 0.3) is 0 Å². The second kappa shape index (κ2) is 8.74. The van der Waals surface area contributed by atoms with Crippen LogP contribution in [0.4, 0.5) is 0 Å². The molecule has 144 valence electrons. The fourth-order valence-electron chi connectivity index (χ4n) is 3.90. The lowest BCUT2D eigenvalue weighted by molar-refractivity contribution is 0.102. The first-order valence-corrected chi connectivity index (χ1v) is 10.9. The molecule has 0 atom stereocenters. The molecule has 1 saturated carbocycles. The van der Waals surface area contributed by atoms with Gasteiger partial charge in [-0.15, -0.1) is 10.2 Å². The smallest absolute Gasteiger partial charge is 0.196 e. The number of carbonyl (C=O) groups excluding carboxylic acids is 1. The molecule has 1 aromatic heterocycles. The van der Waals surface area contributed by atoms with Gasteiger partial charge in [-0.25, -0.2) is 0 Å². The fourth-order valence-corrected chi connectivity index (χ4v) is 4.79. The van der Waals surface area contributed by atoms with Gasteiger partial charge in [-0.05, 0) is 43.4 Å². The molecule has 1 heterocycles. The molecule has 0 aliphatic heterocycles. The summed E-state index contributed by atoms with van der Waals surface area (Å²) in [7, 11) is 0. The van der Waals surface area contributed by atoms with Crippen molar-refractivity contribution in [3.63, 3.8) is 0 Å². The highest BCUT2D eigenvalue weighted by Gasteiger charge is 2.17. The minimum Gasteiger partial charge on any atom is -0.293 e. The predicted octanol–water partition coefficient (Wildman–Crippen LogP) is 5.60. The maximum atomic E-state index is 12.7. The van der Waals surface area contributed by atoms with E-state index in [2.05, 4.69) is 22.3 Å². The Morgan fingerprint density at radius 1 is 1.00 bits per heavy atom. The Morgan fingerprint density at radius 3 is 2.43 bits per heavy atom. The second-order valence-electron chi connectivity index (χ2n) is 7.37. The first-order chi connectivity index (χ1) is 13.7. The van der Waals surface area contributed by atoms with E-state index in [9.17, 15) is 4.79 Å². The zero-order chi connectivity index (χ0) is 19.3. The molecule has 0 radical (unpaired) electrons. The topological polar surface area (TPSA) is 47.8 Å². The van der Waals surface area contributed by atoms with Crippen molar-refractivity contribution in [1.82, 2.24) is 14.8 Å². The first-order valence-electron chi connectivity index (χ1n) is 9.96. The molecule has 1 aliphatic carbocycles. The van der Waals surface area contributed by atoms with Gasteiger partial charge >= 0.3 is 0 Å². The van der Waals surface area contributed by atoms with Gasteiger partial charge in [0.05, 0.1) is 5.75 Å². The average Bonchev–Trinajstić information content (AvgIpc) is 3.13. The summed E-state index contributed by atoms with van der Waals surface area (Å²) in [5.41, 5.74) is 3.16. The summed E-state index contributed by atoms with van der Waals surface area (Å²) in [6, 6.07) is 18.3. The van der Waals surface area contributed by atoms with Crippen LogP contribution >= 0.6 is 11.8 Å². The molecule has 2 aromatic carbocycles. The largest absolute Gasteiger partial charge is 0.293 e. The van der Waals surface area contributed by atoms with Crippen molar-refractivity contribution in [2.24, 2.45) is 0 Å². The van der Waals surface area contributed by atoms with Crippen LogP contribution in [0.5, 0.6) is 0 Å². The van der Waals surface area contributed by atoms with E-state index < -0.39 is 0 Å². The number of aryl methyl sites for hydroxylation is 1. The number of aromatic nitrogens is 3. The van der Waals surface area contributed by atoms with E-state index in [1.165, 1.54) is 49.4 Å². The van der Waals surface area contributed by atoms with E-state index in [0.29, 0.717) is 11.7 Å². The molecule has 4 nitrogen and oxygen atoms in total. The number of benzene rings is 2. The summed E-state index contributed by atoms with van der Waals surface area (Å²) in [6.45, 7) is 1.93. The van der Waals surface area contributed by atoms with Crippen molar-refractivity contribution in [1.29, 1.82) is 0 Å². The van der Waals surface area contributed by atoms with Gasteiger partial charge in [0.1, 0.15) is 5.82 Å². The number of carbonyl (C=O) groups is 1. The Labute approximate surface area is 170 Å². The van der Waals surface area contributed by atoms with Crippen LogP contribution in [0.15, 0.2) is 59.8 Å². The van der Waals surface area contributed by atoms with Crippen LogP contribution < -0.4 is 0 Å². The van der Waals surface area contributed by atoms with Crippen molar-refractivity contribution < 1.29 is 4.79 Å². The maximum absolute atomic E-state index is 12.7. The van der Waals surface area contributed by atoms with E-state index in [-0.39, 0.29) is 5.78 Å². The van der Waals surface area contributed by atoms with Gasteiger partial charge < -0.3 is 0 Å². The highest BCUT2D eigenvalue weighted by atomic mass is 32.2. The van der Waals surface area contributed by atoms with Gasteiger partial charge in [-0.2, -0.15) is 0 Å². The van der Waals surface area contributed by atoms with E-state index in [0.717, 1.165) is 22.2 Å². The lowest BCUT2D eigenvalue weighted by Crippen LogP contribution is -2.07. The van der Waals surface area contributed by atoms with Gasteiger partial charge in [-0.1, -0.05) is 73.5 Å². The number of Topliss-reactive ketones (excluding diaryl/α,β-unsaturated/α-hetero) is 1. The molecule has 0 N–H and O–H groups in total. The zero-order valence-electron chi connectivity index (χ0n) is 16.2. The predicted molar refractivity (Wildman–Crippen MR) is 113 cm³/mol.